The monoisotopic (exact) mass is 304 g/mol. The molecule has 3 N–H and O–H groups in total. The number of nitrogens with zero attached hydrogens (tertiary/aromatic N) is 1. The number of hydrogen-bond donors (Lipinski definition) is 3. The molecule has 0 aromatic heterocycles. The highest BCUT2D eigenvalue weighted by Crippen LogP contribution is 2.21. The summed E-state index contributed by atoms with van der Waals surface area (Å²) in [4.78, 5) is 25.7. The maximum Gasteiger partial charge on any atom is 0.321 e. The van der Waals surface area contributed by atoms with Crippen molar-refractivity contribution in [1.82, 2.24) is 16.0 Å². The summed E-state index contributed by atoms with van der Waals surface area (Å²) in [6.07, 6.45) is 0. The number of benzene rings is 1. The molecule has 1 aromatic rings. The number of carbonyl (C=O) groups excluding carboxylic acids is 2. The van der Waals surface area contributed by atoms with Crippen LogP contribution in [0.3, 0.4) is 0 Å². The second-order valence-electron chi connectivity index (χ2n) is 5.88. The average Bonchev–Trinajstić information content (AvgIpc) is 2.68. The van der Waals surface area contributed by atoms with E-state index in [0.717, 1.165) is 30.9 Å². The Morgan fingerprint density at radius 3 is 2.86 bits per heavy atom. The zero-order valence-electron chi connectivity index (χ0n) is 13.2. The van der Waals surface area contributed by atoms with E-state index in [1.54, 1.807) is 0 Å². The minimum absolute atomic E-state index is 0.174. The van der Waals surface area contributed by atoms with Crippen molar-refractivity contribution in [1.29, 1.82) is 0 Å². The van der Waals surface area contributed by atoms with Gasteiger partial charge in [0.25, 0.3) is 0 Å². The number of imide groups is 1. The van der Waals surface area contributed by atoms with Gasteiger partial charge in [-0.15, -0.1) is 0 Å². The standard InChI is InChI=1S/C16H24N4O2/c1-12(2)9-18-16(22)19-15(21)11-20-8-7-17-10-13-5-3-4-6-14(13)20/h3-6,12,17H,7-11H2,1-2H3,(H2,18,19,21,22). The molecule has 0 radical (unpaired) electrons. The van der Waals surface area contributed by atoms with E-state index in [9.17, 15) is 9.59 Å². The van der Waals surface area contributed by atoms with Crippen LogP contribution in [0.2, 0.25) is 0 Å². The third kappa shape index (κ3) is 4.73. The summed E-state index contributed by atoms with van der Waals surface area (Å²) in [5, 5.41) is 8.39. The van der Waals surface area contributed by atoms with Crippen LogP contribution in [0.15, 0.2) is 24.3 Å². The van der Waals surface area contributed by atoms with Gasteiger partial charge in [0.15, 0.2) is 0 Å². The van der Waals surface area contributed by atoms with Gasteiger partial charge in [0.2, 0.25) is 5.91 Å². The third-order valence-corrected chi connectivity index (χ3v) is 3.46. The lowest BCUT2D eigenvalue weighted by atomic mass is 10.1. The molecule has 0 saturated heterocycles. The Bertz CT molecular complexity index is 531. The van der Waals surface area contributed by atoms with Gasteiger partial charge in [-0.1, -0.05) is 32.0 Å². The molecule has 6 nitrogen and oxygen atoms in total. The summed E-state index contributed by atoms with van der Waals surface area (Å²) in [6, 6.07) is 7.58. The van der Waals surface area contributed by atoms with E-state index in [-0.39, 0.29) is 12.5 Å². The maximum atomic E-state index is 12.1. The normalized spacial score (nSPS) is 14.2. The summed E-state index contributed by atoms with van der Waals surface area (Å²) >= 11 is 0. The Morgan fingerprint density at radius 2 is 2.09 bits per heavy atom. The molecule has 0 saturated carbocycles. The molecule has 0 aliphatic carbocycles. The lowest BCUT2D eigenvalue weighted by Gasteiger charge is -2.23. The van der Waals surface area contributed by atoms with Gasteiger partial charge in [0, 0.05) is 31.9 Å². The van der Waals surface area contributed by atoms with Crippen LogP contribution in [0, 0.1) is 5.92 Å². The van der Waals surface area contributed by atoms with E-state index in [2.05, 4.69) is 16.0 Å². The van der Waals surface area contributed by atoms with Crippen LogP contribution in [-0.2, 0) is 11.3 Å². The van der Waals surface area contributed by atoms with Crippen LogP contribution in [0.1, 0.15) is 19.4 Å². The predicted molar refractivity (Wildman–Crippen MR) is 86.7 cm³/mol. The first-order valence-electron chi connectivity index (χ1n) is 7.67. The summed E-state index contributed by atoms with van der Waals surface area (Å²) in [5.41, 5.74) is 2.21. The molecular formula is C16H24N4O2. The van der Waals surface area contributed by atoms with Crippen molar-refractivity contribution in [2.75, 3.05) is 31.1 Å². The summed E-state index contributed by atoms with van der Waals surface area (Å²) in [7, 11) is 0. The van der Waals surface area contributed by atoms with Crippen LogP contribution in [0.4, 0.5) is 10.5 Å². The smallest absolute Gasteiger partial charge is 0.321 e. The Morgan fingerprint density at radius 1 is 1.32 bits per heavy atom. The van der Waals surface area contributed by atoms with Gasteiger partial charge >= 0.3 is 6.03 Å². The molecule has 1 aliphatic rings. The van der Waals surface area contributed by atoms with Crippen molar-refractivity contribution in [3.63, 3.8) is 0 Å². The average molecular weight is 304 g/mol. The Hall–Kier alpha value is -2.08. The summed E-state index contributed by atoms with van der Waals surface area (Å²) in [5.74, 6) is 0.0577. The largest absolute Gasteiger partial charge is 0.361 e. The quantitative estimate of drug-likeness (QED) is 0.778. The van der Waals surface area contributed by atoms with E-state index in [1.165, 1.54) is 0 Å². The highest BCUT2D eigenvalue weighted by molar-refractivity contribution is 5.96. The van der Waals surface area contributed by atoms with Crippen LogP contribution >= 0.6 is 0 Å². The van der Waals surface area contributed by atoms with Crippen LogP contribution in [0.5, 0.6) is 0 Å². The molecule has 1 aromatic carbocycles. The van der Waals surface area contributed by atoms with Crippen LogP contribution in [0.25, 0.3) is 0 Å². The predicted octanol–water partition coefficient (Wildman–Crippen LogP) is 1.08. The van der Waals surface area contributed by atoms with Crippen molar-refractivity contribution >= 4 is 17.6 Å². The second-order valence-corrected chi connectivity index (χ2v) is 5.88. The maximum absolute atomic E-state index is 12.1. The topological polar surface area (TPSA) is 73.5 Å². The molecule has 1 aliphatic heterocycles. The van der Waals surface area contributed by atoms with E-state index >= 15 is 0 Å². The van der Waals surface area contributed by atoms with E-state index in [0.29, 0.717) is 12.5 Å². The van der Waals surface area contributed by atoms with Crippen molar-refractivity contribution in [3.8, 4) is 0 Å². The minimum atomic E-state index is -0.431. The van der Waals surface area contributed by atoms with Crippen molar-refractivity contribution in [2.24, 2.45) is 5.92 Å². The van der Waals surface area contributed by atoms with Crippen LogP contribution < -0.4 is 20.9 Å². The molecular weight excluding hydrogens is 280 g/mol. The zero-order chi connectivity index (χ0) is 15.9. The number of amides is 3. The van der Waals surface area contributed by atoms with Gasteiger partial charge in [-0.05, 0) is 17.5 Å². The fourth-order valence-corrected chi connectivity index (χ4v) is 2.37. The molecule has 0 atom stereocenters. The lowest BCUT2D eigenvalue weighted by Crippen LogP contribution is -2.46. The molecule has 3 amide bonds. The zero-order valence-corrected chi connectivity index (χ0v) is 13.2. The molecule has 0 bridgehead atoms. The summed E-state index contributed by atoms with van der Waals surface area (Å²) in [6.45, 7) is 7.07. The number of urea groups is 1. The van der Waals surface area contributed by atoms with Crippen molar-refractivity contribution < 1.29 is 9.59 Å². The highest BCUT2D eigenvalue weighted by Gasteiger charge is 2.18. The molecule has 120 valence electrons. The fraction of sp³-hybridized carbons (Fsp3) is 0.500. The minimum Gasteiger partial charge on any atom is -0.361 e. The second kappa shape index (κ2) is 7.79. The first-order chi connectivity index (χ1) is 10.6. The third-order valence-electron chi connectivity index (χ3n) is 3.46. The number of hydrogen-bond acceptors (Lipinski definition) is 4. The van der Waals surface area contributed by atoms with Gasteiger partial charge in [-0.2, -0.15) is 0 Å². The molecule has 1 heterocycles. The number of para-hydroxylation sites is 1. The first-order valence-corrected chi connectivity index (χ1v) is 7.67. The summed E-state index contributed by atoms with van der Waals surface area (Å²) < 4.78 is 0. The molecule has 0 spiro atoms. The van der Waals surface area contributed by atoms with E-state index in [1.807, 2.05) is 43.0 Å². The van der Waals surface area contributed by atoms with Crippen molar-refractivity contribution in [2.45, 2.75) is 20.4 Å². The Kier molecular flexibility index (Phi) is 5.77. The number of nitrogens with one attached hydrogen (secondary N) is 3. The fourth-order valence-electron chi connectivity index (χ4n) is 2.37. The molecule has 2 rings (SSSR count). The number of rotatable bonds is 4. The molecule has 6 heteroatoms. The molecule has 22 heavy (non-hydrogen) atoms. The SMILES string of the molecule is CC(C)CNC(=O)NC(=O)CN1CCNCc2ccccc21. The van der Waals surface area contributed by atoms with Crippen LogP contribution in [-0.4, -0.2) is 38.1 Å². The van der Waals surface area contributed by atoms with Gasteiger partial charge in [-0.3, -0.25) is 10.1 Å². The lowest BCUT2D eigenvalue weighted by molar-refractivity contribution is -0.118. The Labute approximate surface area is 131 Å². The molecule has 0 unspecified atom stereocenters. The molecule has 0 fully saturated rings. The number of carbonyl (C=O) groups is 2. The van der Waals surface area contributed by atoms with E-state index < -0.39 is 6.03 Å². The van der Waals surface area contributed by atoms with Gasteiger partial charge in [0.1, 0.15) is 0 Å². The van der Waals surface area contributed by atoms with Gasteiger partial charge in [0.05, 0.1) is 6.54 Å². The van der Waals surface area contributed by atoms with Crippen molar-refractivity contribution in [3.05, 3.63) is 29.8 Å². The van der Waals surface area contributed by atoms with Gasteiger partial charge < -0.3 is 15.5 Å². The first kappa shape index (κ1) is 16.3. The number of fused-ring (bicyclic) bond motifs is 1. The highest BCUT2D eigenvalue weighted by atomic mass is 16.2. The Balaban J connectivity index is 1.92. The van der Waals surface area contributed by atoms with E-state index in [4.69, 9.17) is 0 Å². The number of anilines is 1. The van der Waals surface area contributed by atoms with Gasteiger partial charge in [-0.25, -0.2) is 4.79 Å².